The minimum absolute atomic E-state index is 0.138. The summed E-state index contributed by atoms with van der Waals surface area (Å²) in [5, 5.41) is 0. The van der Waals surface area contributed by atoms with Crippen LogP contribution in [0.25, 0.3) is 0 Å². The molecule has 2 rings (SSSR count). The van der Waals surface area contributed by atoms with E-state index in [1.807, 2.05) is 24.3 Å². The molecule has 0 unspecified atom stereocenters. The van der Waals surface area contributed by atoms with E-state index in [-0.39, 0.29) is 24.3 Å². The van der Waals surface area contributed by atoms with E-state index in [1.165, 1.54) is 7.11 Å². The van der Waals surface area contributed by atoms with Crippen molar-refractivity contribution in [2.75, 3.05) is 7.11 Å². The zero-order chi connectivity index (χ0) is 30.6. The van der Waals surface area contributed by atoms with Gasteiger partial charge in [-0.3, -0.25) is 0 Å². The second-order valence-corrected chi connectivity index (χ2v) is 24.4. The average molecular weight is 591 g/mol. The lowest BCUT2D eigenvalue weighted by Gasteiger charge is -2.51. The number of benzene rings is 1. The van der Waals surface area contributed by atoms with Crippen LogP contribution in [0.2, 0.25) is 33.2 Å². The van der Waals surface area contributed by atoms with Crippen LogP contribution >= 0.6 is 0 Å². The van der Waals surface area contributed by atoms with Gasteiger partial charge >= 0.3 is 5.97 Å². The standard InChI is InChI=1S/C33H58O5Si2/c1-21(2)39(22(3)4,23(5)6)37-31-20-30(19-28-15-17-29(18-16-28)33(34)35-14)36-27(13)32(31)38-40(24(7)8,25(9)10)26(11)12/h15-18,20-27,31-32H,19H2,1-14H3/t27-,31-,32-/m0/s1. The molecule has 0 radical (unpaired) electrons. The van der Waals surface area contributed by atoms with E-state index in [1.54, 1.807) is 0 Å². The lowest BCUT2D eigenvalue weighted by molar-refractivity contribution is -0.0568. The highest BCUT2D eigenvalue weighted by Gasteiger charge is 2.53. The van der Waals surface area contributed by atoms with Gasteiger partial charge in [0, 0.05) is 6.42 Å². The van der Waals surface area contributed by atoms with Crippen molar-refractivity contribution in [1.29, 1.82) is 0 Å². The van der Waals surface area contributed by atoms with Crippen LogP contribution in [0.3, 0.4) is 0 Å². The Balaban J connectivity index is 2.59. The fourth-order valence-corrected chi connectivity index (χ4v) is 18.7. The van der Waals surface area contributed by atoms with Gasteiger partial charge in [0.2, 0.25) is 16.6 Å². The summed E-state index contributed by atoms with van der Waals surface area (Å²) in [6.07, 6.45) is 2.38. The minimum atomic E-state index is -2.21. The van der Waals surface area contributed by atoms with E-state index < -0.39 is 16.6 Å². The van der Waals surface area contributed by atoms with E-state index in [0.717, 1.165) is 11.3 Å². The molecule has 0 spiro atoms. The van der Waals surface area contributed by atoms with Crippen molar-refractivity contribution in [3.05, 3.63) is 47.2 Å². The molecule has 1 aromatic rings. The number of hydrogen-bond acceptors (Lipinski definition) is 5. The first-order chi connectivity index (χ1) is 18.5. The molecule has 1 aromatic carbocycles. The van der Waals surface area contributed by atoms with Gasteiger partial charge in [0.25, 0.3) is 0 Å². The predicted molar refractivity (Wildman–Crippen MR) is 172 cm³/mol. The highest BCUT2D eigenvalue weighted by atomic mass is 28.4. The second kappa shape index (κ2) is 14.2. The van der Waals surface area contributed by atoms with Crippen molar-refractivity contribution in [2.45, 2.75) is 148 Å². The average Bonchev–Trinajstić information content (AvgIpc) is 2.85. The van der Waals surface area contributed by atoms with Gasteiger partial charge in [0.1, 0.15) is 12.2 Å². The van der Waals surface area contributed by atoms with Gasteiger partial charge in [-0.2, -0.15) is 0 Å². The third kappa shape index (κ3) is 7.13. The SMILES string of the molecule is COC(=O)c1ccc(CC2=C[C@H](O[Si](C(C)C)(C(C)C)C(C)C)[C@@H](O[Si](C(C)C)(C(C)C)C(C)C)[C@H](C)O2)cc1. The molecule has 0 saturated heterocycles. The van der Waals surface area contributed by atoms with Crippen LogP contribution < -0.4 is 0 Å². The van der Waals surface area contributed by atoms with Gasteiger partial charge in [-0.1, -0.05) is 95.2 Å². The molecular weight excluding hydrogens is 533 g/mol. The number of carbonyl (C=O) groups is 1. The Labute approximate surface area is 247 Å². The fourth-order valence-electron chi connectivity index (χ4n) is 7.62. The van der Waals surface area contributed by atoms with Crippen LogP contribution in [-0.2, 0) is 24.7 Å². The third-order valence-corrected chi connectivity index (χ3v) is 21.5. The van der Waals surface area contributed by atoms with Gasteiger partial charge in [0.15, 0.2) is 0 Å². The maximum Gasteiger partial charge on any atom is 0.337 e. The van der Waals surface area contributed by atoms with Crippen molar-refractivity contribution in [3.63, 3.8) is 0 Å². The van der Waals surface area contributed by atoms with Crippen LogP contribution in [0, 0.1) is 0 Å². The second-order valence-electron chi connectivity index (χ2n) is 13.6. The van der Waals surface area contributed by atoms with Crippen LogP contribution in [-0.4, -0.2) is 48.0 Å². The van der Waals surface area contributed by atoms with E-state index in [4.69, 9.17) is 18.3 Å². The summed E-state index contributed by atoms with van der Waals surface area (Å²) in [7, 11) is -2.99. The van der Waals surface area contributed by atoms with Crippen molar-refractivity contribution in [3.8, 4) is 0 Å². The monoisotopic (exact) mass is 590 g/mol. The van der Waals surface area contributed by atoms with E-state index in [2.05, 4.69) is 96.1 Å². The van der Waals surface area contributed by atoms with Crippen molar-refractivity contribution < 1.29 is 23.1 Å². The molecular formula is C33H58O5Si2. The lowest BCUT2D eigenvalue weighted by atomic mass is 10.0. The summed E-state index contributed by atoms with van der Waals surface area (Å²) in [5.41, 5.74) is 4.46. The van der Waals surface area contributed by atoms with Gasteiger partial charge in [0.05, 0.1) is 24.5 Å². The molecule has 1 aliphatic heterocycles. The first-order valence-electron chi connectivity index (χ1n) is 15.4. The minimum Gasteiger partial charge on any atom is -0.492 e. The zero-order valence-electron chi connectivity index (χ0n) is 27.8. The molecule has 5 nitrogen and oxygen atoms in total. The summed E-state index contributed by atoms with van der Waals surface area (Å²) < 4.78 is 26.4. The summed E-state index contributed by atoms with van der Waals surface area (Å²) in [6, 6.07) is 7.58. The maximum absolute atomic E-state index is 11.9. The largest absolute Gasteiger partial charge is 0.492 e. The zero-order valence-corrected chi connectivity index (χ0v) is 29.8. The highest BCUT2D eigenvalue weighted by Crippen LogP contribution is 2.47. The lowest BCUT2D eigenvalue weighted by Crippen LogP contribution is -2.59. The number of carbonyl (C=O) groups excluding carboxylic acids is 1. The Morgan fingerprint density at radius 2 is 1.18 bits per heavy atom. The summed E-state index contributed by atoms with van der Waals surface area (Å²) in [5.74, 6) is 0.584. The first-order valence-corrected chi connectivity index (χ1v) is 19.7. The van der Waals surface area contributed by atoms with Gasteiger partial charge in [-0.05, 0) is 63.9 Å². The molecule has 3 atom stereocenters. The number of ether oxygens (including phenoxy) is 2. The number of hydrogen-bond donors (Lipinski definition) is 0. The molecule has 0 bridgehead atoms. The number of rotatable bonds is 13. The third-order valence-electron chi connectivity index (χ3n) is 9.32. The molecule has 228 valence electrons. The molecule has 0 aromatic heterocycles. The van der Waals surface area contributed by atoms with Gasteiger partial charge in [-0.25, -0.2) is 4.79 Å². The Morgan fingerprint density at radius 3 is 1.57 bits per heavy atom. The van der Waals surface area contributed by atoms with Crippen molar-refractivity contribution >= 4 is 22.6 Å². The molecule has 0 fully saturated rings. The van der Waals surface area contributed by atoms with E-state index >= 15 is 0 Å². The van der Waals surface area contributed by atoms with Gasteiger partial charge in [-0.15, -0.1) is 0 Å². The summed E-state index contributed by atoms with van der Waals surface area (Å²) in [6.45, 7) is 30.2. The van der Waals surface area contributed by atoms with E-state index in [0.29, 0.717) is 45.2 Å². The van der Waals surface area contributed by atoms with Crippen LogP contribution in [0.1, 0.15) is 106 Å². The smallest absolute Gasteiger partial charge is 0.337 e. The van der Waals surface area contributed by atoms with Gasteiger partial charge < -0.3 is 18.3 Å². The molecule has 40 heavy (non-hydrogen) atoms. The normalized spacial score (nSPS) is 20.6. The maximum atomic E-state index is 11.9. The Bertz CT molecular complexity index is 938. The number of allylic oxidation sites excluding steroid dienone is 1. The highest BCUT2D eigenvalue weighted by molar-refractivity contribution is 6.78. The molecule has 1 heterocycles. The molecule has 0 aliphatic carbocycles. The van der Waals surface area contributed by atoms with Crippen LogP contribution in [0.5, 0.6) is 0 Å². The van der Waals surface area contributed by atoms with Crippen LogP contribution in [0.4, 0.5) is 0 Å². The number of esters is 1. The summed E-state index contributed by atoms with van der Waals surface area (Å²) >= 11 is 0. The molecule has 0 saturated carbocycles. The topological polar surface area (TPSA) is 54.0 Å². The Hall–Kier alpha value is -1.42. The molecule has 7 heteroatoms. The quantitative estimate of drug-likeness (QED) is 0.169. The van der Waals surface area contributed by atoms with Crippen LogP contribution in [0.15, 0.2) is 36.1 Å². The molecule has 1 aliphatic rings. The Morgan fingerprint density at radius 1 is 0.750 bits per heavy atom. The van der Waals surface area contributed by atoms with Crippen molar-refractivity contribution in [1.82, 2.24) is 0 Å². The molecule has 0 N–H and O–H groups in total. The number of methoxy groups -OCH3 is 1. The fraction of sp³-hybridized carbons (Fsp3) is 0.727. The molecule has 0 amide bonds. The van der Waals surface area contributed by atoms with E-state index in [9.17, 15) is 4.79 Å². The Kier molecular flexibility index (Phi) is 12.3. The summed E-state index contributed by atoms with van der Waals surface area (Å²) in [4.78, 5) is 11.9. The van der Waals surface area contributed by atoms with Crippen molar-refractivity contribution in [2.24, 2.45) is 0 Å². The first kappa shape index (κ1) is 34.8. The predicted octanol–water partition coefficient (Wildman–Crippen LogP) is 9.44.